The summed E-state index contributed by atoms with van der Waals surface area (Å²) in [6.45, 7) is 1.05. The zero-order valence-corrected chi connectivity index (χ0v) is 8.07. The highest BCUT2D eigenvalue weighted by Crippen LogP contribution is 2.33. The Morgan fingerprint density at radius 2 is 2.21 bits per heavy atom. The Hall–Kier alpha value is -1.22. The van der Waals surface area contributed by atoms with Crippen LogP contribution in [0.25, 0.3) is 0 Å². The van der Waals surface area contributed by atoms with E-state index in [0.717, 1.165) is 5.56 Å². The second-order valence-corrected chi connectivity index (χ2v) is 3.72. The van der Waals surface area contributed by atoms with E-state index in [1.807, 2.05) is 6.07 Å². The zero-order chi connectivity index (χ0) is 9.97. The minimum Gasteiger partial charge on any atom is -0.504 e. The average Bonchev–Trinajstić information content (AvgIpc) is 3.00. The molecule has 0 saturated heterocycles. The molecule has 3 N–H and O–H groups in total. The molecule has 0 aliphatic heterocycles. The van der Waals surface area contributed by atoms with Crippen LogP contribution in [0.1, 0.15) is 18.4 Å². The molecule has 0 heterocycles. The summed E-state index contributed by atoms with van der Waals surface area (Å²) in [5, 5.41) is 9.72. The summed E-state index contributed by atoms with van der Waals surface area (Å²) in [6.07, 6.45) is 2.49. The van der Waals surface area contributed by atoms with Crippen LogP contribution in [0.5, 0.6) is 11.5 Å². The van der Waals surface area contributed by atoms with Crippen molar-refractivity contribution < 1.29 is 9.84 Å². The Labute approximate surface area is 83.5 Å². The molecule has 1 fully saturated rings. The molecule has 0 amide bonds. The largest absolute Gasteiger partial charge is 0.504 e. The highest BCUT2D eigenvalue weighted by Gasteiger charge is 2.22. The normalized spacial score (nSPS) is 15.5. The van der Waals surface area contributed by atoms with Crippen molar-refractivity contribution in [1.29, 1.82) is 0 Å². The number of nitrogens with two attached hydrogens (primary N) is 1. The molecule has 2 rings (SSSR count). The van der Waals surface area contributed by atoms with Gasteiger partial charge in [0.05, 0.1) is 6.61 Å². The molecule has 0 aromatic heterocycles. The number of rotatable bonds is 4. The van der Waals surface area contributed by atoms with Crippen molar-refractivity contribution in [1.82, 2.24) is 0 Å². The van der Waals surface area contributed by atoms with E-state index < -0.39 is 0 Å². The smallest absolute Gasteiger partial charge is 0.162 e. The first-order valence-electron chi connectivity index (χ1n) is 4.95. The van der Waals surface area contributed by atoms with Crippen LogP contribution in [0, 0.1) is 5.92 Å². The average molecular weight is 193 g/mol. The van der Waals surface area contributed by atoms with E-state index in [4.69, 9.17) is 10.5 Å². The molecule has 76 valence electrons. The van der Waals surface area contributed by atoms with Crippen LogP contribution in [-0.4, -0.2) is 11.7 Å². The van der Waals surface area contributed by atoms with Crippen LogP contribution < -0.4 is 10.5 Å². The third-order valence-electron chi connectivity index (χ3n) is 2.47. The van der Waals surface area contributed by atoms with Crippen molar-refractivity contribution in [3.8, 4) is 11.5 Å². The van der Waals surface area contributed by atoms with Crippen molar-refractivity contribution in [2.24, 2.45) is 11.7 Å². The lowest BCUT2D eigenvalue weighted by Crippen LogP contribution is -2.02. The number of aromatic hydroxyl groups is 1. The molecule has 0 atom stereocenters. The Morgan fingerprint density at radius 3 is 2.86 bits per heavy atom. The highest BCUT2D eigenvalue weighted by molar-refractivity contribution is 5.45. The van der Waals surface area contributed by atoms with E-state index in [1.165, 1.54) is 12.8 Å². The van der Waals surface area contributed by atoms with Crippen molar-refractivity contribution >= 4 is 0 Å². The number of ether oxygens (including phenoxy) is 1. The Balaban J connectivity index is 2.06. The lowest BCUT2D eigenvalue weighted by atomic mass is 10.2. The third-order valence-corrected chi connectivity index (χ3v) is 2.47. The Bertz CT molecular complexity index is 321. The molecule has 0 bridgehead atoms. The molecule has 0 radical (unpaired) electrons. The van der Waals surface area contributed by atoms with E-state index in [1.54, 1.807) is 12.1 Å². The van der Waals surface area contributed by atoms with Crippen molar-refractivity contribution in [3.63, 3.8) is 0 Å². The fourth-order valence-electron chi connectivity index (χ4n) is 1.34. The molecule has 1 aliphatic rings. The molecule has 14 heavy (non-hydrogen) atoms. The van der Waals surface area contributed by atoms with Crippen LogP contribution in [0.2, 0.25) is 0 Å². The van der Waals surface area contributed by atoms with Gasteiger partial charge in [-0.25, -0.2) is 0 Å². The number of phenolic OH excluding ortho intramolecular Hbond substituents is 1. The van der Waals surface area contributed by atoms with Gasteiger partial charge in [0.15, 0.2) is 11.5 Å². The maximum Gasteiger partial charge on any atom is 0.162 e. The van der Waals surface area contributed by atoms with Crippen LogP contribution >= 0.6 is 0 Å². The highest BCUT2D eigenvalue weighted by atomic mass is 16.5. The first-order valence-corrected chi connectivity index (χ1v) is 4.95. The Morgan fingerprint density at radius 1 is 1.43 bits per heavy atom. The van der Waals surface area contributed by atoms with Gasteiger partial charge in [-0.2, -0.15) is 0 Å². The first kappa shape index (κ1) is 9.34. The first-order chi connectivity index (χ1) is 6.81. The van der Waals surface area contributed by atoms with Crippen molar-refractivity contribution in [2.75, 3.05) is 6.61 Å². The van der Waals surface area contributed by atoms with Gasteiger partial charge < -0.3 is 15.6 Å². The molecule has 0 spiro atoms. The standard InChI is InChI=1S/C11H15NO2/c12-6-9-2-1-3-10(11(9)13)14-7-8-4-5-8/h1-3,8,13H,4-7,12H2. The van der Waals surface area contributed by atoms with E-state index in [0.29, 0.717) is 24.8 Å². The van der Waals surface area contributed by atoms with Gasteiger partial charge in [-0.3, -0.25) is 0 Å². The fraction of sp³-hybridized carbons (Fsp3) is 0.455. The van der Waals surface area contributed by atoms with Gasteiger partial charge in [0.1, 0.15) is 0 Å². The maximum absolute atomic E-state index is 9.72. The summed E-state index contributed by atoms with van der Waals surface area (Å²) in [4.78, 5) is 0. The summed E-state index contributed by atoms with van der Waals surface area (Å²) in [6, 6.07) is 5.43. The Kier molecular flexibility index (Phi) is 2.59. The van der Waals surface area contributed by atoms with Crippen molar-refractivity contribution in [2.45, 2.75) is 19.4 Å². The lowest BCUT2D eigenvalue weighted by molar-refractivity contribution is 0.283. The third kappa shape index (κ3) is 1.99. The predicted molar refractivity (Wildman–Crippen MR) is 54.2 cm³/mol. The second kappa shape index (κ2) is 3.88. The maximum atomic E-state index is 9.72. The van der Waals surface area contributed by atoms with Gasteiger partial charge in [-0.05, 0) is 24.8 Å². The van der Waals surface area contributed by atoms with Gasteiger partial charge in [0.25, 0.3) is 0 Å². The van der Waals surface area contributed by atoms with E-state index in [9.17, 15) is 5.11 Å². The molecular formula is C11H15NO2. The van der Waals surface area contributed by atoms with Gasteiger partial charge in [0, 0.05) is 12.1 Å². The van der Waals surface area contributed by atoms with E-state index >= 15 is 0 Å². The molecule has 1 saturated carbocycles. The monoisotopic (exact) mass is 193 g/mol. The number of para-hydroxylation sites is 1. The number of benzene rings is 1. The van der Waals surface area contributed by atoms with Crippen molar-refractivity contribution in [3.05, 3.63) is 23.8 Å². The molecule has 1 aliphatic carbocycles. The van der Waals surface area contributed by atoms with Gasteiger partial charge in [0.2, 0.25) is 0 Å². The topological polar surface area (TPSA) is 55.5 Å². The van der Waals surface area contributed by atoms with Crippen LogP contribution in [0.3, 0.4) is 0 Å². The minimum atomic E-state index is 0.190. The summed E-state index contributed by atoms with van der Waals surface area (Å²) < 4.78 is 5.50. The molecule has 1 aromatic rings. The summed E-state index contributed by atoms with van der Waals surface area (Å²) in [7, 11) is 0. The summed E-state index contributed by atoms with van der Waals surface area (Å²) in [5.41, 5.74) is 6.21. The number of phenols is 1. The molecular weight excluding hydrogens is 178 g/mol. The summed E-state index contributed by atoms with van der Waals surface area (Å²) >= 11 is 0. The quantitative estimate of drug-likeness (QED) is 0.764. The predicted octanol–water partition coefficient (Wildman–Crippen LogP) is 1.64. The second-order valence-electron chi connectivity index (χ2n) is 3.72. The van der Waals surface area contributed by atoms with E-state index in [-0.39, 0.29) is 5.75 Å². The van der Waals surface area contributed by atoms with Crippen LogP contribution in [-0.2, 0) is 6.54 Å². The van der Waals surface area contributed by atoms with Crippen LogP contribution in [0.4, 0.5) is 0 Å². The number of hydrogen-bond acceptors (Lipinski definition) is 3. The van der Waals surface area contributed by atoms with E-state index in [2.05, 4.69) is 0 Å². The van der Waals surface area contributed by atoms with Gasteiger partial charge in [-0.15, -0.1) is 0 Å². The molecule has 3 heteroatoms. The summed E-state index contributed by atoms with van der Waals surface area (Å²) in [5.74, 6) is 1.44. The SMILES string of the molecule is NCc1cccc(OCC2CC2)c1O. The van der Waals surface area contributed by atoms with Gasteiger partial charge >= 0.3 is 0 Å². The van der Waals surface area contributed by atoms with Crippen LogP contribution in [0.15, 0.2) is 18.2 Å². The number of hydrogen-bond donors (Lipinski definition) is 2. The lowest BCUT2D eigenvalue weighted by Gasteiger charge is -2.09. The minimum absolute atomic E-state index is 0.190. The molecule has 1 aromatic carbocycles. The molecule has 0 unspecified atom stereocenters. The fourth-order valence-corrected chi connectivity index (χ4v) is 1.34. The zero-order valence-electron chi connectivity index (χ0n) is 8.07. The molecule has 3 nitrogen and oxygen atoms in total. The van der Waals surface area contributed by atoms with Gasteiger partial charge in [-0.1, -0.05) is 12.1 Å².